The minimum absolute atomic E-state index is 0.0565. The summed E-state index contributed by atoms with van der Waals surface area (Å²) >= 11 is 5.96. The number of rotatable bonds is 5. The molecule has 3 aromatic rings. The Balaban J connectivity index is 2.18. The quantitative estimate of drug-likeness (QED) is 0.489. The molecule has 0 aliphatic carbocycles. The van der Waals surface area contributed by atoms with Crippen molar-refractivity contribution in [2.45, 2.75) is 46.0 Å². The topological polar surface area (TPSA) is 15.8 Å². The molecular weight excluding hydrogens is 359 g/mol. The SMILES string of the molecule is CCCCc1c(C(C)c2ccc(C)c(F)c2F)[nH]c2cc(F)c(Cl)cc12. The molecule has 0 fully saturated rings. The molecule has 2 aromatic carbocycles. The van der Waals surface area contributed by atoms with E-state index in [0.29, 0.717) is 5.52 Å². The second kappa shape index (κ2) is 7.36. The van der Waals surface area contributed by atoms with Crippen LogP contribution in [-0.4, -0.2) is 4.98 Å². The molecule has 0 radical (unpaired) electrons. The van der Waals surface area contributed by atoms with Gasteiger partial charge in [-0.3, -0.25) is 0 Å². The van der Waals surface area contributed by atoms with Gasteiger partial charge in [-0.1, -0.05) is 44.0 Å². The van der Waals surface area contributed by atoms with Gasteiger partial charge in [-0.25, -0.2) is 13.2 Å². The molecule has 3 rings (SSSR count). The van der Waals surface area contributed by atoms with Crippen LogP contribution in [0.2, 0.25) is 5.02 Å². The second-order valence-corrected chi connectivity index (χ2v) is 7.16. The van der Waals surface area contributed by atoms with Crippen LogP contribution in [0.15, 0.2) is 24.3 Å². The molecule has 1 atom stereocenters. The lowest BCUT2D eigenvalue weighted by atomic mass is 9.91. The molecule has 0 spiro atoms. The summed E-state index contributed by atoms with van der Waals surface area (Å²) in [6.45, 7) is 5.44. The van der Waals surface area contributed by atoms with Crippen LogP contribution in [0, 0.1) is 24.4 Å². The standard InChI is InChI=1S/C21H21ClF3N/c1-4-5-6-14-15-9-16(22)17(23)10-18(15)26-21(14)12(3)13-8-7-11(2)19(24)20(13)25/h7-10,12,26H,4-6H2,1-3H3. The minimum Gasteiger partial charge on any atom is -0.358 e. The summed E-state index contributed by atoms with van der Waals surface area (Å²) in [6.07, 6.45) is 2.68. The number of benzene rings is 2. The first-order valence-electron chi connectivity index (χ1n) is 8.79. The van der Waals surface area contributed by atoms with Crippen LogP contribution in [0.4, 0.5) is 13.2 Å². The van der Waals surface area contributed by atoms with Crippen LogP contribution < -0.4 is 0 Å². The maximum atomic E-state index is 14.5. The maximum absolute atomic E-state index is 14.5. The van der Waals surface area contributed by atoms with Gasteiger partial charge in [0.15, 0.2) is 11.6 Å². The fourth-order valence-corrected chi connectivity index (χ4v) is 3.57. The van der Waals surface area contributed by atoms with E-state index in [9.17, 15) is 13.2 Å². The number of aromatic amines is 1. The number of hydrogen-bond acceptors (Lipinski definition) is 0. The van der Waals surface area contributed by atoms with Crippen LogP contribution in [0.3, 0.4) is 0 Å². The van der Waals surface area contributed by atoms with Crippen molar-refractivity contribution in [2.75, 3.05) is 0 Å². The average molecular weight is 380 g/mol. The molecule has 1 heterocycles. The van der Waals surface area contributed by atoms with Crippen molar-refractivity contribution < 1.29 is 13.2 Å². The van der Waals surface area contributed by atoms with Gasteiger partial charge in [0.25, 0.3) is 0 Å². The summed E-state index contributed by atoms with van der Waals surface area (Å²) in [6, 6.07) is 6.15. The monoisotopic (exact) mass is 379 g/mol. The van der Waals surface area contributed by atoms with Crippen molar-refractivity contribution in [1.82, 2.24) is 4.98 Å². The molecule has 1 aromatic heterocycles. The second-order valence-electron chi connectivity index (χ2n) is 6.75. The predicted molar refractivity (Wildman–Crippen MR) is 100 cm³/mol. The normalized spacial score (nSPS) is 12.7. The lowest BCUT2D eigenvalue weighted by Gasteiger charge is -2.15. The highest BCUT2D eigenvalue weighted by molar-refractivity contribution is 6.31. The number of halogens is 4. The molecule has 0 aliphatic rings. The van der Waals surface area contributed by atoms with Gasteiger partial charge in [-0.2, -0.15) is 0 Å². The van der Waals surface area contributed by atoms with Gasteiger partial charge in [0.05, 0.1) is 5.02 Å². The Hall–Kier alpha value is -1.94. The van der Waals surface area contributed by atoms with Crippen LogP contribution in [0.25, 0.3) is 10.9 Å². The number of hydrogen-bond donors (Lipinski definition) is 1. The van der Waals surface area contributed by atoms with Gasteiger partial charge in [0.1, 0.15) is 5.82 Å². The Kier molecular flexibility index (Phi) is 5.33. The molecule has 138 valence electrons. The van der Waals surface area contributed by atoms with Gasteiger partial charge in [-0.05, 0) is 48.6 Å². The number of H-pyrrole nitrogens is 1. The minimum atomic E-state index is -0.832. The molecule has 0 saturated carbocycles. The Morgan fingerprint density at radius 1 is 1.12 bits per heavy atom. The van der Waals surface area contributed by atoms with Crippen LogP contribution >= 0.6 is 11.6 Å². The van der Waals surface area contributed by atoms with Gasteiger partial charge in [0, 0.05) is 22.5 Å². The van der Waals surface area contributed by atoms with E-state index in [1.807, 2.05) is 6.92 Å². The Morgan fingerprint density at radius 2 is 1.85 bits per heavy atom. The van der Waals surface area contributed by atoms with Gasteiger partial charge >= 0.3 is 0 Å². The Labute approximate surface area is 156 Å². The molecule has 26 heavy (non-hydrogen) atoms. The highest BCUT2D eigenvalue weighted by Crippen LogP contribution is 2.36. The van der Waals surface area contributed by atoms with Crippen LogP contribution in [0.5, 0.6) is 0 Å². The summed E-state index contributed by atoms with van der Waals surface area (Å²) in [5.41, 5.74) is 2.93. The summed E-state index contributed by atoms with van der Waals surface area (Å²) in [5, 5.41) is 0.890. The zero-order valence-electron chi connectivity index (χ0n) is 15.0. The fourth-order valence-electron chi connectivity index (χ4n) is 3.41. The maximum Gasteiger partial charge on any atom is 0.162 e. The van der Waals surface area contributed by atoms with Gasteiger partial charge in [-0.15, -0.1) is 0 Å². The van der Waals surface area contributed by atoms with E-state index in [2.05, 4.69) is 11.9 Å². The smallest absolute Gasteiger partial charge is 0.162 e. The molecule has 0 saturated heterocycles. The van der Waals surface area contributed by atoms with Gasteiger partial charge in [0.2, 0.25) is 0 Å². The summed E-state index contributed by atoms with van der Waals surface area (Å²) in [4.78, 5) is 3.21. The van der Waals surface area contributed by atoms with Gasteiger partial charge < -0.3 is 4.98 Å². The van der Waals surface area contributed by atoms with Crippen molar-refractivity contribution in [3.63, 3.8) is 0 Å². The Morgan fingerprint density at radius 3 is 2.54 bits per heavy atom. The molecule has 0 aliphatic heterocycles. The molecule has 5 heteroatoms. The van der Waals surface area contributed by atoms with Crippen molar-refractivity contribution in [3.05, 3.63) is 69.1 Å². The number of aryl methyl sites for hydroxylation is 2. The third-order valence-electron chi connectivity index (χ3n) is 4.97. The predicted octanol–water partition coefficient (Wildman–Crippen LogP) is 7.04. The highest BCUT2D eigenvalue weighted by Gasteiger charge is 2.23. The molecule has 1 unspecified atom stereocenters. The first-order chi connectivity index (χ1) is 12.3. The first kappa shape index (κ1) is 18.8. The summed E-state index contributed by atoms with van der Waals surface area (Å²) < 4.78 is 42.4. The van der Waals surface area contributed by atoms with Crippen molar-refractivity contribution in [1.29, 1.82) is 0 Å². The number of fused-ring (bicyclic) bond motifs is 1. The molecule has 1 nitrogen and oxygen atoms in total. The highest BCUT2D eigenvalue weighted by atomic mass is 35.5. The molecule has 1 N–H and O–H groups in total. The zero-order chi connectivity index (χ0) is 19.0. The van der Waals surface area contributed by atoms with E-state index >= 15 is 0 Å². The Bertz CT molecular complexity index is 962. The van der Waals surface area contributed by atoms with E-state index < -0.39 is 23.4 Å². The lowest BCUT2D eigenvalue weighted by Crippen LogP contribution is -2.05. The molecule has 0 amide bonds. The summed E-state index contributed by atoms with van der Waals surface area (Å²) in [7, 11) is 0. The fraction of sp³-hybridized carbons (Fsp3) is 0.333. The molecule has 0 bridgehead atoms. The number of nitrogens with one attached hydrogen (secondary N) is 1. The largest absolute Gasteiger partial charge is 0.358 e. The van der Waals surface area contributed by atoms with E-state index in [4.69, 9.17) is 11.6 Å². The number of aromatic nitrogens is 1. The first-order valence-corrected chi connectivity index (χ1v) is 9.16. The summed E-state index contributed by atoms with van der Waals surface area (Å²) in [5.74, 6) is -2.56. The third kappa shape index (κ3) is 3.23. The van der Waals surface area contributed by atoms with E-state index in [0.717, 1.165) is 35.9 Å². The zero-order valence-corrected chi connectivity index (χ0v) is 15.8. The number of unbranched alkanes of at least 4 members (excludes halogenated alkanes) is 1. The molecular formula is C21H21ClF3N. The average Bonchev–Trinajstić information content (AvgIpc) is 2.95. The van der Waals surface area contributed by atoms with E-state index in [1.165, 1.54) is 13.0 Å². The van der Waals surface area contributed by atoms with E-state index in [1.54, 1.807) is 18.2 Å². The third-order valence-corrected chi connectivity index (χ3v) is 5.25. The van der Waals surface area contributed by atoms with Crippen molar-refractivity contribution >= 4 is 22.5 Å². The van der Waals surface area contributed by atoms with Crippen LogP contribution in [0.1, 0.15) is 55.0 Å². The van der Waals surface area contributed by atoms with Crippen molar-refractivity contribution in [3.8, 4) is 0 Å². The lowest BCUT2D eigenvalue weighted by molar-refractivity contribution is 0.490. The van der Waals surface area contributed by atoms with E-state index in [-0.39, 0.29) is 16.1 Å². The van der Waals surface area contributed by atoms with Crippen molar-refractivity contribution in [2.24, 2.45) is 0 Å². The van der Waals surface area contributed by atoms with Crippen LogP contribution in [-0.2, 0) is 6.42 Å².